The van der Waals surface area contributed by atoms with Gasteiger partial charge in [-0.3, -0.25) is 9.78 Å². The maximum atomic E-state index is 12.9. The Kier molecular flexibility index (Phi) is 4.07. The summed E-state index contributed by atoms with van der Waals surface area (Å²) in [6.07, 6.45) is 5.17. The topological polar surface area (TPSA) is 42.4 Å². The lowest BCUT2D eigenvalue weighted by atomic mass is 10.0. The fourth-order valence-electron chi connectivity index (χ4n) is 3.69. The molecule has 0 bridgehead atoms. The number of ether oxygens (including phenoxy) is 1. The Labute approximate surface area is 142 Å². The molecule has 1 saturated heterocycles. The summed E-state index contributed by atoms with van der Waals surface area (Å²) >= 11 is 0. The fraction of sp³-hybridized carbons (Fsp3) is 0.400. The summed E-state index contributed by atoms with van der Waals surface area (Å²) in [6.45, 7) is 3.79. The molecule has 1 amide bonds. The highest BCUT2D eigenvalue weighted by atomic mass is 16.5. The molecule has 1 fully saturated rings. The Morgan fingerprint density at radius 1 is 1.21 bits per heavy atom. The van der Waals surface area contributed by atoms with E-state index in [1.165, 1.54) is 17.5 Å². The van der Waals surface area contributed by atoms with E-state index >= 15 is 0 Å². The van der Waals surface area contributed by atoms with Gasteiger partial charge in [0.2, 0.25) is 0 Å². The van der Waals surface area contributed by atoms with E-state index in [0.717, 1.165) is 29.7 Å². The van der Waals surface area contributed by atoms with Crippen molar-refractivity contribution in [3.63, 3.8) is 0 Å². The van der Waals surface area contributed by atoms with Crippen molar-refractivity contribution in [2.75, 3.05) is 19.7 Å². The Morgan fingerprint density at radius 3 is 2.96 bits per heavy atom. The quantitative estimate of drug-likeness (QED) is 0.853. The number of fused-ring (bicyclic) bond motifs is 1. The van der Waals surface area contributed by atoms with Gasteiger partial charge in [-0.15, -0.1) is 0 Å². The van der Waals surface area contributed by atoms with Crippen LogP contribution in [0.1, 0.15) is 45.3 Å². The van der Waals surface area contributed by atoms with E-state index < -0.39 is 0 Å². The van der Waals surface area contributed by atoms with Gasteiger partial charge in [0.25, 0.3) is 5.91 Å². The van der Waals surface area contributed by atoms with Crippen LogP contribution in [0, 0.1) is 6.92 Å². The number of benzene rings is 1. The third-order valence-electron chi connectivity index (χ3n) is 4.99. The van der Waals surface area contributed by atoms with Crippen LogP contribution in [0.5, 0.6) is 0 Å². The van der Waals surface area contributed by atoms with Crippen molar-refractivity contribution in [2.24, 2.45) is 0 Å². The zero-order chi connectivity index (χ0) is 16.5. The molecular formula is C20H22N2O2. The Bertz CT molecular complexity index is 772. The molecule has 1 aromatic heterocycles. The van der Waals surface area contributed by atoms with Crippen LogP contribution in [0.2, 0.25) is 0 Å². The third-order valence-corrected chi connectivity index (χ3v) is 4.99. The number of nitrogens with zero attached hydrogens (tertiary/aromatic N) is 2. The molecule has 0 N–H and O–H groups in total. The summed E-state index contributed by atoms with van der Waals surface area (Å²) in [5, 5.41) is 0. The molecule has 24 heavy (non-hydrogen) atoms. The predicted molar refractivity (Wildman–Crippen MR) is 92.0 cm³/mol. The second-order valence-electron chi connectivity index (χ2n) is 6.68. The lowest BCUT2D eigenvalue weighted by Gasteiger charge is -2.33. The maximum absolute atomic E-state index is 12.9. The number of aryl methyl sites for hydroxylation is 3. The Balaban J connectivity index is 1.52. The van der Waals surface area contributed by atoms with Gasteiger partial charge < -0.3 is 9.64 Å². The smallest absolute Gasteiger partial charge is 0.254 e. The van der Waals surface area contributed by atoms with Crippen LogP contribution in [0.15, 0.2) is 36.5 Å². The molecule has 4 heteroatoms. The fourth-order valence-corrected chi connectivity index (χ4v) is 3.69. The van der Waals surface area contributed by atoms with E-state index in [4.69, 9.17) is 4.74 Å². The number of carbonyl (C=O) groups is 1. The molecule has 0 radical (unpaired) electrons. The monoisotopic (exact) mass is 322 g/mol. The van der Waals surface area contributed by atoms with Crippen LogP contribution in [-0.2, 0) is 17.6 Å². The van der Waals surface area contributed by atoms with Crippen molar-refractivity contribution in [3.8, 4) is 0 Å². The largest absolute Gasteiger partial charge is 0.370 e. The first kappa shape index (κ1) is 15.3. The van der Waals surface area contributed by atoms with Crippen LogP contribution >= 0.6 is 0 Å². The van der Waals surface area contributed by atoms with Crippen LogP contribution < -0.4 is 0 Å². The van der Waals surface area contributed by atoms with Gasteiger partial charge in [-0.1, -0.05) is 6.07 Å². The summed E-state index contributed by atoms with van der Waals surface area (Å²) in [5.41, 5.74) is 5.61. The molecule has 1 aromatic carbocycles. The number of carbonyl (C=O) groups excluding carboxylic acids is 1. The number of rotatable bonds is 2. The van der Waals surface area contributed by atoms with Gasteiger partial charge in [0.15, 0.2) is 0 Å². The Morgan fingerprint density at radius 2 is 2.08 bits per heavy atom. The molecular weight excluding hydrogens is 300 g/mol. The summed E-state index contributed by atoms with van der Waals surface area (Å²) < 4.78 is 5.89. The molecule has 124 valence electrons. The molecule has 1 aliphatic carbocycles. The summed E-state index contributed by atoms with van der Waals surface area (Å²) in [4.78, 5) is 19.1. The number of hydrogen-bond acceptors (Lipinski definition) is 3. The van der Waals surface area contributed by atoms with Crippen molar-refractivity contribution in [1.82, 2.24) is 9.88 Å². The van der Waals surface area contributed by atoms with Crippen molar-refractivity contribution >= 4 is 5.91 Å². The van der Waals surface area contributed by atoms with Crippen molar-refractivity contribution in [2.45, 2.75) is 32.3 Å². The summed E-state index contributed by atoms with van der Waals surface area (Å²) in [7, 11) is 0. The van der Waals surface area contributed by atoms with E-state index in [1.54, 1.807) is 6.20 Å². The average Bonchev–Trinajstić information content (AvgIpc) is 3.09. The zero-order valence-corrected chi connectivity index (χ0v) is 14.0. The van der Waals surface area contributed by atoms with Crippen LogP contribution in [0.25, 0.3) is 0 Å². The Hall–Kier alpha value is -2.20. The molecule has 1 atom stereocenters. The standard InChI is InChI=1S/C20H22N2O2/c1-14-11-17(7-8-21-14)19-13-22(9-10-24-19)20(23)18-6-5-15-3-2-4-16(15)12-18/h5-8,11-12,19H,2-4,9-10,13H2,1H3/t19-/m0/s1. The predicted octanol–water partition coefficient (Wildman–Crippen LogP) is 3.09. The van der Waals surface area contributed by atoms with Gasteiger partial charge in [-0.05, 0) is 67.1 Å². The number of hydrogen-bond donors (Lipinski definition) is 0. The van der Waals surface area contributed by atoms with Crippen LogP contribution in [0.3, 0.4) is 0 Å². The molecule has 0 unspecified atom stereocenters. The van der Waals surface area contributed by atoms with Gasteiger partial charge >= 0.3 is 0 Å². The SMILES string of the molecule is Cc1cc([C@@H]2CN(C(=O)c3ccc4c(c3)CCC4)CCO2)ccn1. The van der Waals surface area contributed by atoms with Crippen molar-refractivity contribution in [3.05, 3.63) is 64.5 Å². The number of morpholine rings is 1. The minimum Gasteiger partial charge on any atom is -0.370 e. The highest BCUT2D eigenvalue weighted by Gasteiger charge is 2.27. The first-order valence-electron chi connectivity index (χ1n) is 8.66. The zero-order valence-electron chi connectivity index (χ0n) is 14.0. The highest BCUT2D eigenvalue weighted by Crippen LogP contribution is 2.26. The normalized spacial score (nSPS) is 20.0. The molecule has 0 spiro atoms. The second-order valence-corrected chi connectivity index (χ2v) is 6.68. The molecule has 4 rings (SSSR count). The first-order valence-corrected chi connectivity index (χ1v) is 8.66. The number of aromatic nitrogens is 1. The molecule has 0 saturated carbocycles. The van der Waals surface area contributed by atoms with E-state index in [1.807, 2.05) is 30.0 Å². The van der Waals surface area contributed by atoms with E-state index in [9.17, 15) is 4.79 Å². The van der Waals surface area contributed by atoms with Gasteiger partial charge in [0.05, 0.1) is 13.2 Å². The maximum Gasteiger partial charge on any atom is 0.254 e. The highest BCUT2D eigenvalue weighted by molar-refractivity contribution is 5.94. The minimum absolute atomic E-state index is 0.0705. The van der Waals surface area contributed by atoms with Gasteiger partial charge in [-0.25, -0.2) is 0 Å². The molecule has 1 aliphatic heterocycles. The second kappa shape index (κ2) is 6.36. The van der Waals surface area contributed by atoms with Crippen LogP contribution in [-0.4, -0.2) is 35.5 Å². The first-order chi connectivity index (χ1) is 11.7. The minimum atomic E-state index is -0.0705. The molecule has 2 heterocycles. The lowest BCUT2D eigenvalue weighted by molar-refractivity contribution is -0.0228. The van der Waals surface area contributed by atoms with E-state index in [2.05, 4.69) is 17.1 Å². The molecule has 2 aliphatic rings. The van der Waals surface area contributed by atoms with Gasteiger partial charge in [-0.2, -0.15) is 0 Å². The van der Waals surface area contributed by atoms with Crippen LogP contribution in [0.4, 0.5) is 0 Å². The number of amides is 1. The summed E-state index contributed by atoms with van der Waals surface area (Å²) in [5.74, 6) is 0.115. The molecule has 4 nitrogen and oxygen atoms in total. The van der Waals surface area contributed by atoms with E-state index in [0.29, 0.717) is 19.7 Å². The van der Waals surface area contributed by atoms with Gasteiger partial charge in [0.1, 0.15) is 6.10 Å². The third kappa shape index (κ3) is 2.94. The van der Waals surface area contributed by atoms with Crippen molar-refractivity contribution in [1.29, 1.82) is 0 Å². The average molecular weight is 322 g/mol. The summed E-state index contributed by atoms with van der Waals surface area (Å²) in [6, 6.07) is 10.2. The number of pyridine rings is 1. The lowest BCUT2D eigenvalue weighted by Crippen LogP contribution is -2.42. The van der Waals surface area contributed by atoms with Crippen molar-refractivity contribution < 1.29 is 9.53 Å². The molecule has 2 aromatic rings. The van der Waals surface area contributed by atoms with E-state index in [-0.39, 0.29) is 12.0 Å². The van der Waals surface area contributed by atoms with Gasteiger partial charge in [0, 0.05) is 24.0 Å².